The van der Waals surface area contributed by atoms with Gasteiger partial charge in [0.05, 0.1) is 0 Å². The summed E-state index contributed by atoms with van der Waals surface area (Å²) in [6.07, 6.45) is 0. The number of benzene rings is 2. The smallest absolute Gasteiger partial charge is 0.333 e. The summed E-state index contributed by atoms with van der Waals surface area (Å²) in [4.78, 5) is 13.3. The molecule has 3 nitrogen and oxygen atoms in total. The number of hydrogen-bond donors (Lipinski definition) is 1. The van der Waals surface area contributed by atoms with E-state index in [1.165, 1.54) is 55.4 Å². The number of carbonyl (C=O) groups is 1. The minimum atomic E-state index is -1.93. The Morgan fingerprint density at radius 1 is 0.952 bits per heavy atom. The van der Waals surface area contributed by atoms with Gasteiger partial charge in [-0.05, 0) is 26.2 Å². The summed E-state index contributed by atoms with van der Waals surface area (Å²) in [6, 6.07) is 11.0. The molecule has 0 amide bonds. The zero-order valence-electron chi connectivity index (χ0n) is 11.7. The van der Waals surface area contributed by atoms with Crippen molar-refractivity contribution in [2.75, 3.05) is 14.1 Å². The van der Waals surface area contributed by atoms with Crippen molar-refractivity contribution in [1.29, 1.82) is 0 Å². The highest BCUT2D eigenvalue weighted by Gasteiger charge is 2.48. The van der Waals surface area contributed by atoms with Gasteiger partial charge >= 0.3 is 5.97 Å². The molecule has 0 aromatic heterocycles. The van der Waals surface area contributed by atoms with Gasteiger partial charge < -0.3 is 5.11 Å². The van der Waals surface area contributed by atoms with E-state index >= 15 is 0 Å². The number of carboxylic acid groups (broad SMARTS) is 1. The van der Waals surface area contributed by atoms with E-state index in [4.69, 9.17) is 0 Å². The summed E-state index contributed by atoms with van der Waals surface area (Å²) < 4.78 is 28.4. The van der Waals surface area contributed by atoms with Crippen LogP contribution in [0, 0.1) is 11.6 Å². The minimum Gasteiger partial charge on any atom is -0.479 e. The molecule has 0 saturated heterocycles. The van der Waals surface area contributed by atoms with Gasteiger partial charge in [-0.3, -0.25) is 4.90 Å². The van der Waals surface area contributed by atoms with E-state index in [1.54, 1.807) is 0 Å². The molecule has 2 aromatic rings. The van der Waals surface area contributed by atoms with E-state index < -0.39 is 23.1 Å². The number of likely N-dealkylation sites (N-methyl/N-ethyl adjacent to an activating group) is 1. The van der Waals surface area contributed by atoms with Crippen molar-refractivity contribution >= 4 is 5.97 Å². The minimum absolute atomic E-state index is 0.104. The fraction of sp³-hybridized carbons (Fsp3) is 0.188. The van der Waals surface area contributed by atoms with Crippen LogP contribution in [0.2, 0.25) is 0 Å². The van der Waals surface area contributed by atoms with Crippen LogP contribution in [-0.4, -0.2) is 30.1 Å². The normalized spacial score (nSPS) is 11.7. The Morgan fingerprint density at radius 2 is 1.33 bits per heavy atom. The Bertz CT molecular complexity index is 625. The van der Waals surface area contributed by atoms with Gasteiger partial charge in [0.2, 0.25) is 0 Å². The van der Waals surface area contributed by atoms with Gasteiger partial charge in [-0.25, -0.2) is 13.6 Å². The molecule has 2 aromatic carbocycles. The summed E-state index contributed by atoms with van der Waals surface area (Å²) >= 11 is 0. The third-order valence-corrected chi connectivity index (χ3v) is 3.51. The van der Waals surface area contributed by atoms with Gasteiger partial charge in [0.1, 0.15) is 11.6 Å². The molecule has 0 heterocycles. The van der Waals surface area contributed by atoms with Crippen LogP contribution >= 0.6 is 0 Å². The number of halogens is 2. The van der Waals surface area contributed by atoms with Crippen LogP contribution in [0.5, 0.6) is 0 Å². The predicted octanol–water partition coefficient (Wildman–Crippen LogP) is 2.85. The number of nitrogens with zero attached hydrogens (tertiary/aromatic N) is 1. The van der Waals surface area contributed by atoms with E-state index in [-0.39, 0.29) is 11.1 Å². The Kier molecular flexibility index (Phi) is 4.04. The van der Waals surface area contributed by atoms with Crippen LogP contribution in [-0.2, 0) is 10.3 Å². The number of carboxylic acids is 1. The lowest BCUT2D eigenvalue weighted by Gasteiger charge is -2.37. The van der Waals surface area contributed by atoms with Crippen LogP contribution in [0.1, 0.15) is 11.1 Å². The largest absolute Gasteiger partial charge is 0.479 e. The van der Waals surface area contributed by atoms with E-state index in [1.807, 2.05) is 0 Å². The summed E-state index contributed by atoms with van der Waals surface area (Å²) in [5.41, 5.74) is -2.14. The maximum atomic E-state index is 14.2. The van der Waals surface area contributed by atoms with Crippen molar-refractivity contribution in [3.8, 4) is 0 Å². The molecule has 110 valence electrons. The first-order valence-electron chi connectivity index (χ1n) is 6.33. The van der Waals surface area contributed by atoms with Crippen LogP contribution in [0.3, 0.4) is 0 Å². The fourth-order valence-electron chi connectivity index (χ4n) is 2.56. The van der Waals surface area contributed by atoms with Crippen LogP contribution < -0.4 is 0 Å². The maximum absolute atomic E-state index is 14.2. The van der Waals surface area contributed by atoms with Crippen molar-refractivity contribution in [1.82, 2.24) is 4.90 Å². The second-order valence-corrected chi connectivity index (χ2v) is 4.87. The Balaban J connectivity index is 2.87. The second-order valence-electron chi connectivity index (χ2n) is 4.87. The number of hydrogen-bond acceptors (Lipinski definition) is 2. The Labute approximate surface area is 121 Å². The summed E-state index contributed by atoms with van der Waals surface area (Å²) in [6.45, 7) is 0. The zero-order valence-corrected chi connectivity index (χ0v) is 11.7. The Morgan fingerprint density at radius 3 is 1.62 bits per heavy atom. The summed E-state index contributed by atoms with van der Waals surface area (Å²) in [5.74, 6) is -2.74. The molecular formula is C16H15F2NO2. The monoisotopic (exact) mass is 291 g/mol. The lowest BCUT2D eigenvalue weighted by atomic mass is 9.81. The van der Waals surface area contributed by atoms with Gasteiger partial charge in [-0.2, -0.15) is 0 Å². The highest BCUT2D eigenvalue weighted by atomic mass is 19.1. The first kappa shape index (κ1) is 15.1. The van der Waals surface area contributed by atoms with Gasteiger partial charge in [-0.15, -0.1) is 0 Å². The topological polar surface area (TPSA) is 40.5 Å². The van der Waals surface area contributed by atoms with Crippen molar-refractivity contribution in [3.05, 3.63) is 71.3 Å². The van der Waals surface area contributed by atoms with E-state index in [0.29, 0.717) is 0 Å². The van der Waals surface area contributed by atoms with E-state index in [0.717, 1.165) is 12.1 Å². The summed E-state index contributed by atoms with van der Waals surface area (Å²) in [5, 5.41) is 9.77. The molecule has 2 rings (SSSR count). The highest BCUT2D eigenvalue weighted by Crippen LogP contribution is 2.37. The molecule has 21 heavy (non-hydrogen) atoms. The SMILES string of the molecule is CN(C)C(C(=O)O)(c1ccccc1F)c1ccccc1F. The molecule has 5 heteroatoms. The quantitative estimate of drug-likeness (QED) is 0.941. The van der Waals surface area contributed by atoms with E-state index in [9.17, 15) is 18.7 Å². The summed E-state index contributed by atoms with van der Waals surface area (Å²) in [7, 11) is 2.96. The average molecular weight is 291 g/mol. The second kappa shape index (κ2) is 5.61. The molecule has 0 fully saturated rings. The third kappa shape index (κ3) is 2.29. The first-order valence-corrected chi connectivity index (χ1v) is 6.33. The molecule has 0 spiro atoms. The average Bonchev–Trinajstić information content (AvgIpc) is 2.42. The predicted molar refractivity (Wildman–Crippen MR) is 74.9 cm³/mol. The van der Waals surface area contributed by atoms with Crippen LogP contribution in [0.4, 0.5) is 8.78 Å². The van der Waals surface area contributed by atoms with Crippen LogP contribution in [0.15, 0.2) is 48.5 Å². The molecular weight excluding hydrogens is 276 g/mol. The fourth-order valence-corrected chi connectivity index (χ4v) is 2.56. The molecule has 0 aliphatic heterocycles. The van der Waals surface area contributed by atoms with Crippen LogP contribution in [0.25, 0.3) is 0 Å². The van der Waals surface area contributed by atoms with Gasteiger partial charge in [0.25, 0.3) is 0 Å². The lowest BCUT2D eigenvalue weighted by Crippen LogP contribution is -2.50. The molecule has 0 aliphatic rings. The number of rotatable bonds is 4. The Hall–Kier alpha value is -2.27. The lowest BCUT2D eigenvalue weighted by molar-refractivity contribution is -0.148. The van der Waals surface area contributed by atoms with Gasteiger partial charge in [0, 0.05) is 11.1 Å². The van der Waals surface area contributed by atoms with Crippen molar-refractivity contribution in [2.24, 2.45) is 0 Å². The van der Waals surface area contributed by atoms with Crippen molar-refractivity contribution < 1.29 is 18.7 Å². The third-order valence-electron chi connectivity index (χ3n) is 3.51. The molecule has 1 N–H and O–H groups in total. The van der Waals surface area contributed by atoms with E-state index in [2.05, 4.69) is 0 Å². The molecule has 0 aliphatic carbocycles. The van der Waals surface area contributed by atoms with Gasteiger partial charge in [-0.1, -0.05) is 36.4 Å². The standard InChI is InChI=1S/C16H15F2NO2/c1-19(2)16(15(20)21,11-7-3-5-9-13(11)17)12-8-4-6-10-14(12)18/h3-10H,1-2H3,(H,20,21). The van der Waals surface area contributed by atoms with Crippen molar-refractivity contribution in [2.45, 2.75) is 5.54 Å². The van der Waals surface area contributed by atoms with Gasteiger partial charge in [0.15, 0.2) is 5.54 Å². The zero-order chi connectivity index (χ0) is 15.6. The van der Waals surface area contributed by atoms with Crippen molar-refractivity contribution in [3.63, 3.8) is 0 Å². The molecule has 0 atom stereocenters. The molecule has 0 saturated carbocycles. The molecule has 0 unspecified atom stereocenters. The molecule has 0 radical (unpaired) electrons. The highest BCUT2D eigenvalue weighted by molar-refractivity contribution is 5.85. The number of aliphatic carboxylic acids is 1. The first-order chi connectivity index (χ1) is 9.92. The maximum Gasteiger partial charge on any atom is 0.333 e. The molecule has 0 bridgehead atoms.